The first-order chi connectivity index (χ1) is 13.0. The van der Waals surface area contributed by atoms with Crippen LogP contribution in [0.2, 0.25) is 0 Å². The molecule has 0 aliphatic heterocycles. The lowest BCUT2D eigenvalue weighted by Crippen LogP contribution is -2.20. The van der Waals surface area contributed by atoms with Crippen molar-refractivity contribution in [2.45, 2.75) is 0 Å². The summed E-state index contributed by atoms with van der Waals surface area (Å²) >= 11 is 0. The molecule has 0 atom stereocenters. The van der Waals surface area contributed by atoms with Gasteiger partial charge in [-0.25, -0.2) is 4.79 Å². The van der Waals surface area contributed by atoms with Crippen molar-refractivity contribution >= 4 is 23.6 Å². The molecule has 0 radical (unpaired) electrons. The van der Waals surface area contributed by atoms with Gasteiger partial charge in [0.15, 0.2) is 6.61 Å². The Kier molecular flexibility index (Phi) is 6.97. The summed E-state index contributed by atoms with van der Waals surface area (Å²) in [6, 6.07) is 13.6. The number of amides is 1. The Balaban J connectivity index is 1.89. The van der Waals surface area contributed by atoms with Crippen LogP contribution in [-0.4, -0.2) is 32.7 Å². The van der Waals surface area contributed by atoms with Crippen molar-refractivity contribution in [3.8, 4) is 17.6 Å². The zero-order valence-corrected chi connectivity index (χ0v) is 14.9. The summed E-state index contributed by atoms with van der Waals surface area (Å²) in [6.45, 7) is -0.445. The van der Waals surface area contributed by atoms with Gasteiger partial charge in [-0.1, -0.05) is 6.07 Å². The van der Waals surface area contributed by atoms with Crippen LogP contribution in [0.1, 0.15) is 11.1 Å². The standard InChI is InChI=1S/C20H18N2O5/c1-25-17-8-6-15(18(11-17)26-2)7-9-20(24)27-13-19(23)22-16-5-3-4-14(10-16)12-21/h3-11H,13H2,1-2H3,(H,22,23). The molecular weight excluding hydrogens is 348 g/mol. The van der Waals surface area contributed by atoms with Crippen molar-refractivity contribution in [3.05, 3.63) is 59.7 Å². The molecule has 0 aliphatic carbocycles. The Labute approximate surface area is 156 Å². The van der Waals surface area contributed by atoms with Crippen LogP contribution >= 0.6 is 0 Å². The summed E-state index contributed by atoms with van der Waals surface area (Å²) in [5.41, 5.74) is 1.53. The third-order valence-corrected chi connectivity index (χ3v) is 3.46. The molecule has 1 amide bonds. The zero-order valence-electron chi connectivity index (χ0n) is 14.9. The van der Waals surface area contributed by atoms with Gasteiger partial charge in [0, 0.05) is 23.4 Å². The van der Waals surface area contributed by atoms with Gasteiger partial charge in [0.1, 0.15) is 11.5 Å². The lowest BCUT2D eigenvalue weighted by molar-refractivity contribution is -0.142. The lowest BCUT2D eigenvalue weighted by atomic mass is 10.2. The third kappa shape index (κ3) is 5.90. The molecule has 27 heavy (non-hydrogen) atoms. The number of carbonyl (C=O) groups excluding carboxylic acids is 2. The van der Waals surface area contributed by atoms with Crippen molar-refractivity contribution in [2.24, 2.45) is 0 Å². The summed E-state index contributed by atoms with van der Waals surface area (Å²) in [4.78, 5) is 23.6. The van der Waals surface area contributed by atoms with E-state index in [2.05, 4.69) is 5.32 Å². The van der Waals surface area contributed by atoms with Gasteiger partial charge in [-0.05, 0) is 36.4 Å². The number of hydrogen-bond acceptors (Lipinski definition) is 6. The Morgan fingerprint density at radius 2 is 1.96 bits per heavy atom. The third-order valence-electron chi connectivity index (χ3n) is 3.46. The summed E-state index contributed by atoms with van der Waals surface area (Å²) in [5, 5.41) is 11.4. The van der Waals surface area contributed by atoms with Crippen LogP contribution in [0.15, 0.2) is 48.5 Å². The van der Waals surface area contributed by atoms with Gasteiger partial charge in [0.05, 0.1) is 25.9 Å². The fraction of sp³-hybridized carbons (Fsp3) is 0.150. The highest BCUT2D eigenvalue weighted by Crippen LogP contribution is 2.25. The molecule has 0 heterocycles. The number of nitrogens with zero attached hydrogens (tertiary/aromatic N) is 1. The molecule has 7 heteroatoms. The topological polar surface area (TPSA) is 97.6 Å². The average Bonchev–Trinajstić information content (AvgIpc) is 2.70. The first-order valence-electron chi connectivity index (χ1n) is 7.92. The van der Waals surface area contributed by atoms with Crippen LogP contribution in [-0.2, 0) is 14.3 Å². The van der Waals surface area contributed by atoms with E-state index in [9.17, 15) is 9.59 Å². The van der Waals surface area contributed by atoms with Crippen LogP contribution in [0.3, 0.4) is 0 Å². The number of ether oxygens (including phenoxy) is 3. The molecule has 0 aromatic heterocycles. The number of nitrogens with one attached hydrogen (secondary N) is 1. The van der Waals surface area contributed by atoms with E-state index in [1.54, 1.807) is 43.5 Å². The molecule has 0 saturated carbocycles. The van der Waals surface area contributed by atoms with Gasteiger partial charge >= 0.3 is 5.97 Å². The second kappa shape index (κ2) is 9.63. The SMILES string of the molecule is COc1ccc(C=CC(=O)OCC(=O)Nc2cccc(C#N)c2)c(OC)c1. The first kappa shape index (κ1) is 19.5. The largest absolute Gasteiger partial charge is 0.497 e. The number of methoxy groups -OCH3 is 2. The Bertz CT molecular complexity index is 899. The van der Waals surface area contributed by atoms with Crippen molar-refractivity contribution in [1.29, 1.82) is 5.26 Å². The molecule has 138 valence electrons. The minimum Gasteiger partial charge on any atom is -0.497 e. The van der Waals surface area contributed by atoms with Crippen LogP contribution < -0.4 is 14.8 Å². The van der Waals surface area contributed by atoms with Gasteiger partial charge in [0.2, 0.25) is 0 Å². The number of nitriles is 1. The highest BCUT2D eigenvalue weighted by molar-refractivity contribution is 5.94. The van der Waals surface area contributed by atoms with Gasteiger partial charge < -0.3 is 19.5 Å². The Morgan fingerprint density at radius 1 is 1.15 bits per heavy atom. The number of hydrogen-bond donors (Lipinski definition) is 1. The van der Waals surface area contributed by atoms with Crippen LogP contribution in [0, 0.1) is 11.3 Å². The fourth-order valence-corrected chi connectivity index (χ4v) is 2.16. The van der Waals surface area contributed by atoms with E-state index in [0.717, 1.165) is 0 Å². The summed E-state index contributed by atoms with van der Waals surface area (Å²) in [6.07, 6.45) is 2.73. The highest BCUT2D eigenvalue weighted by Gasteiger charge is 2.07. The molecule has 2 rings (SSSR count). The Hall–Kier alpha value is -3.79. The highest BCUT2D eigenvalue weighted by atomic mass is 16.5. The zero-order chi connectivity index (χ0) is 19.6. The van der Waals surface area contributed by atoms with Crippen molar-refractivity contribution in [1.82, 2.24) is 0 Å². The van der Waals surface area contributed by atoms with E-state index in [1.807, 2.05) is 6.07 Å². The van der Waals surface area contributed by atoms with E-state index in [4.69, 9.17) is 19.5 Å². The van der Waals surface area contributed by atoms with Gasteiger partial charge in [-0.2, -0.15) is 5.26 Å². The maximum absolute atomic E-state index is 11.8. The molecule has 2 aromatic rings. The van der Waals surface area contributed by atoms with Gasteiger partial charge in [-0.15, -0.1) is 0 Å². The smallest absolute Gasteiger partial charge is 0.331 e. The quantitative estimate of drug-likeness (QED) is 0.598. The summed E-state index contributed by atoms with van der Waals surface area (Å²) in [7, 11) is 3.05. The molecule has 2 aromatic carbocycles. The lowest BCUT2D eigenvalue weighted by Gasteiger charge is -2.07. The summed E-state index contributed by atoms with van der Waals surface area (Å²) < 4.78 is 15.2. The van der Waals surface area contributed by atoms with Crippen molar-refractivity contribution in [3.63, 3.8) is 0 Å². The number of rotatable bonds is 7. The van der Waals surface area contributed by atoms with E-state index in [-0.39, 0.29) is 0 Å². The predicted octanol–water partition coefficient (Wildman–Crippen LogP) is 2.77. The minimum atomic E-state index is -0.672. The molecule has 0 saturated heterocycles. The maximum Gasteiger partial charge on any atom is 0.331 e. The van der Waals surface area contributed by atoms with E-state index in [1.165, 1.54) is 25.3 Å². The molecule has 0 unspecified atom stereocenters. The average molecular weight is 366 g/mol. The van der Waals surface area contributed by atoms with E-state index in [0.29, 0.717) is 28.3 Å². The second-order valence-electron chi connectivity index (χ2n) is 5.29. The second-order valence-corrected chi connectivity index (χ2v) is 5.29. The van der Waals surface area contributed by atoms with Gasteiger partial charge in [-0.3, -0.25) is 4.79 Å². The minimum absolute atomic E-state index is 0.418. The first-order valence-corrected chi connectivity index (χ1v) is 7.92. The summed E-state index contributed by atoms with van der Waals surface area (Å²) in [5.74, 6) is -0.0140. The predicted molar refractivity (Wildman–Crippen MR) is 99.3 cm³/mol. The molecule has 1 N–H and O–H groups in total. The van der Waals surface area contributed by atoms with Crippen molar-refractivity contribution in [2.75, 3.05) is 26.1 Å². The molecule has 0 fully saturated rings. The molecule has 0 spiro atoms. The van der Waals surface area contributed by atoms with Crippen LogP contribution in [0.4, 0.5) is 5.69 Å². The number of carbonyl (C=O) groups is 2. The molecule has 0 aliphatic rings. The van der Waals surface area contributed by atoms with E-state index < -0.39 is 18.5 Å². The van der Waals surface area contributed by atoms with E-state index >= 15 is 0 Å². The number of esters is 1. The Morgan fingerprint density at radius 3 is 2.67 bits per heavy atom. The monoisotopic (exact) mass is 366 g/mol. The molecular formula is C20H18N2O5. The molecule has 0 bridgehead atoms. The number of benzene rings is 2. The fourth-order valence-electron chi connectivity index (χ4n) is 2.16. The van der Waals surface area contributed by atoms with Gasteiger partial charge in [0.25, 0.3) is 5.91 Å². The van der Waals surface area contributed by atoms with Crippen LogP contribution in [0.25, 0.3) is 6.08 Å². The van der Waals surface area contributed by atoms with Crippen LogP contribution in [0.5, 0.6) is 11.5 Å². The molecule has 7 nitrogen and oxygen atoms in total. The maximum atomic E-state index is 11.8. The normalized spacial score (nSPS) is 10.1. The number of anilines is 1. The van der Waals surface area contributed by atoms with Crippen molar-refractivity contribution < 1.29 is 23.8 Å².